The van der Waals surface area contributed by atoms with Gasteiger partial charge in [-0.3, -0.25) is 15.1 Å². The van der Waals surface area contributed by atoms with E-state index in [0.717, 1.165) is 74.1 Å². The number of rotatable bonds is 7. The Hall–Kier alpha value is -5.01. The van der Waals surface area contributed by atoms with E-state index in [1.807, 2.05) is 36.9 Å². The van der Waals surface area contributed by atoms with Crippen molar-refractivity contribution in [2.24, 2.45) is 0 Å². The third kappa shape index (κ3) is 4.15. The van der Waals surface area contributed by atoms with Crippen molar-refractivity contribution in [2.45, 2.75) is 13.1 Å². The number of benzene rings is 2. The van der Waals surface area contributed by atoms with E-state index < -0.39 is 0 Å². The molecular weight excluding hydrogens is 472 g/mol. The summed E-state index contributed by atoms with van der Waals surface area (Å²) < 4.78 is 5.30. The molecule has 7 aromatic rings. The fraction of sp³-hybridized carbons (Fsp3) is 0.0645. The second-order valence-electron chi connectivity index (χ2n) is 9.35. The van der Waals surface area contributed by atoms with Crippen LogP contribution in [0.3, 0.4) is 0 Å². The van der Waals surface area contributed by atoms with E-state index in [4.69, 9.17) is 4.42 Å². The van der Waals surface area contributed by atoms with Gasteiger partial charge >= 0.3 is 0 Å². The Bertz CT molecular complexity index is 1850. The molecule has 5 aromatic heterocycles. The van der Waals surface area contributed by atoms with Crippen molar-refractivity contribution in [3.05, 3.63) is 115 Å². The first kappa shape index (κ1) is 22.2. The first-order valence-corrected chi connectivity index (χ1v) is 12.5. The lowest BCUT2D eigenvalue weighted by molar-refractivity contribution is 0.568. The first-order valence-electron chi connectivity index (χ1n) is 12.5. The van der Waals surface area contributed by atoms with Gasteiger partial charge in [0.2, 0.25) is 0 Å². The van der Waals surface area contributed by atoms with Crippen LogP contribution in [-0.2, 0) is 13.1 Å². The largest absolute Gasteiger partial charge is 0.472 e. The third-order valence-corrected chi connectivity index (χ3v) is 6.83. The highest BCUT2D eigenvalue weighted by Gasteiger charge is 2.15. The topological polar surface area (TPSA) is 95.4 Å². The molecule has 0 amide bonds. The minimum absolute atomic E-state index is 0.747. The van der Waals surface area contributed by atoms with Gasteiger partial charge in [0, 0.05) is 59.1 Å². The molecule has 0 atom stereocenters. The molecule has 0 aliphatic carbocycles. The number of pyridine rings is 2. The predicted octanol–water partition coefficient (Wildman–Crippen LogP) is 6.72. The molecule has 38 heavy (non-hydrogen) atoms. The highest BCUT2D eigenvalue weighted by molar-refractivity contribution is 6.01. The number of hydrogen-bond donors (Lipinski definition) is 3. The average Bonchev–Trinajstić information content (AvgIpc) is 3.73. The molecule has 7 rings (SSSR count). The van der Waals surface area contributed by atoms with Gasteiger partial charge in [-0.1, -0.05) is 36.4 Å². The standard InChI is InChI=1S/C31H24N6O/c1-2-4-20(5-3-1)13-32-14-21-10-24(16-33-15-21)22-6-7-28-26(11-22)31(37-36-28)29-12-25-27(23-8-9-38-19-23)17-34-18-30(25)35-29/h1-12,15-19,32,35H,13-14H2,(H,36,37). The SMILES string of the molecule is c1ccc(CNCc2cncc(-c3ccc4[nH]nc(-c5cc6c(-c7ccoc7)cncc6[nH]5)c4c3)c2)cc1. The molecule has 0 fully saturated rings. The molecule has 7 nitrogen and oxygen atoms in total. The lowest BCUT2D eigenvalue weighted by Crippen LogP contribution is -2.12. The van der Waals surface area contributed by atoms with Crippen LogP contribution in [0.4, 0.5) is 0 Å². The van der Waals surface area contributed by atoms with E-state index >= 15 is 0 Å². The van der Waals surface area contributed by atoms with Gasteiger partial charge in [0.05, 0.1) is 35.5 Å². The van der Waals surface area contributed by atoms with Crippen LogP contribution in [0.25, 0.3) is 55.4 Å². The molecule has 2 aromatic carbocycles. The first-order chi connectivity index (χ1) is 18.8. The Kier molecular flexibility index (Phi) is 5.53. The molecule has 184 valence electrons. The van der Waals surface area contributed by atoms with Crippen LogP contribution in [0.2, 0.25) is 0 Å². The van der Waals surface area contributed by atoms with E-state index in [9.17, 15) is 0 Å². The molecule has 0 saturated heterocycles. The van der Waals surface area contributed by atoms with Crippen LogP contribution < -0.4 is 5.32 Å². The second kappa shape index (κ2) is 9.46. The van der Waals surface area contributed by atoms with Crippen molar-refractivity contribution in [3.8, 4) is 33.6 Å². The van der Waals surface area contributed by atoms with E-state index in [2.05, 4.69) is 85.1 Å². The van der Waals surface area contributed by atoms with Crippen molar-refractivity contribution in [1.29, 1.82) is 0 Å². The Morgan fingerprint density at radius 3 is 2.50 bits per heavy atom. The van der Waals surface area contributed by atoms with Crippen LogP contribution in [0, 0.1) is 0 Å². The monoisotopic (exact) mass is 496 g/mol. The highest BCUT2D eigenvalue weighted by Crippen LogP contribution is 2.35. The zero-order chi connectivity index (χ0) is 25.3. The maximum atomic E-state index is 5.30. The molecule has 5 heterocycles. The summed E-state index contributed by atoms with van der Waals surface area (Å²) in [5.41, 5.74) is 10.3. The van der Waals surface area contributed by atoms with Crippen LogP contribution in [-0.4, -0.2) is 25.1 Å². The smallest absolute Gasteiger partial charge is 0.116 e. The van der Waals surface area contributed by atoms with Crippen molar-refractivity contribution in [1.82, 2.24) is 30.5 Å². The quantitative estimate of drug-likeness (QED) is 0.228. The Labute approximate surface area is 218 Å². The summed E-state index contributed by atoms with van der Waals surface area (Å²) in [7, 11) is 0. The molecule has 3 N–H and O–H groups in total. The minimum Gasteiger partial charge on any atom is -0.472 e. The Morgan fingerprint density at radius 1 is 0.711 bits per heavy atom. The van der Waals surface area contributed by atoms with Crippen molar-refractivity contribution in [3.63, 3.8) is 0 Å². The molecule has 7 heteroatoms. The maximum Gasteiger partial charge on any atom is 0.116 e. The number of H-pyrrole nitrogens is 2. The summed E-state index contributed by atoms with van der Waals surface area (Å²) in [5.74, 6) is 0. The molecule has 0 saturated carbocycles. The number of nitrogens with one attached hydrogen (secondary N) is 3. The van der Waals surface area contributed by atoms with Crippen LogP contribution in [0.5, 0.6) is 0 Å². The van der Waals surface area contributed by atoms with Gasteiger partial charge < -0.3 is 14.7 Å². The van der Waals surface area contributed by atoms with Gasteiger partial charge in [-0.25, -0.2) is 0 Å². The highest BCUT2D eigenvalue weighted by atomic mass is 16.3. The summed E-state index contributed by atoms with van der Waals surface area (Å²) in [6.45, 7) is 1.56. The molecule has 0 unspecified atom stereocenters. The minimum atomic E-state index is 0.747. The Morgan fingerprint density at radius 2 is 1.61 bits per heavy atom. The third-order valence-electron chi connectivity index (χ3n) is 6.83. The van der Waals surface area contributed by atoms with Crippen molar-refractivity contribution >= 4 is 21.8 Å². The average molecular weight is 497 g/mol. The van der Waals surface area contributed by atoms with Gasteiger partial charge in [0.25, 0.3) is 0 Å². The summed E-state index contributed by atoms with van der Waals surface area (Å²) in [6.07, 6.45) is 10.9. The summed E-state index contributed by atoms with van der Waals surface area (Å²) in [6, 6.07) is 23.0. The van der Waals surface area contributed by atoms with Crippen LogP contribution in [0.15, 0.2) is 108 Å². The van der Waals surface area contributed by atoms with Crippen LogP contribution in [0.1, 0.15) is 11.1 Å². The van der Waals surface area contributed by atoms with E-state index in [-0.39, 0.29) is 0 Å². The maximum absolute atomic E-state index is 5.30. The van der Waals surface area contributed by atoms with Gasteiger partial charge in [-0.05, 0) is 47.0 Å². The second-order valence-corrected chi connectivity index (χ2v) is 9.35. The molecular formula is C31H24N6O. The Balaban J connectivity index is 1.20. The fourth-order valence-electron chi connectivity index (χ4n) is 4.91. The molecule has 0 aliphatic heterocycles. The number of nitrogens with zero attached hydrogens (tertiary/aromatic N) is 3. The summed E-state index contributed by atoms with van der Waals surface area (Å²) in [4.78, 5) is 12.4. The lowest BCUT2D eigenvalue weighted by atomic mass is 10.0. The number of hydrogen-bond acceptors (Lipinski definition) is 5. The number of furan rings is 1. The van der Waals surface area contributed by atoms with Gasteiger partial charge in [-0.15, -0.1) is 0 Å². The number of fused-ring (bicyclic) bond motifs is 2. The van der Waals surface area contributed by atoms with E-state index in [0.29, 0.717) is 0 Å². The zero-order valence-corrected chi connectivity index (χ0v) is 20.5. The molecule has 0 spiro atoms. The molecule has 0 aliphatic rings. The molecule has 0 bridgehead atoms. The normalized spacial score (nSPS) is 11.5. The summed E-state index contributed by atoms with van der Waals surface area (Å²) in [5, 5.41) is 13.5. The lowest BCUT2D eigenvalue weighted by Gasteiger charge is -2.08. The van der Waals surface area contributed by atoms with Crippen molar-refractivity contribution < 1.29 is 4.42 Å². The number of aromatic amines is 2. The van der Waals surface area contributed by atoms with Gasteiger partial charge in [-0.2, -0.15) is 5.10 Å². The van der Waals surface area contributed by atoms with Crippen molar-refractivity contribution in [2.75, 3.05) is 0 Å². The summed E-state index contributed by atoms with van der Waals surface area (Å²) >= 11 is 0. The predicted molar refractivity (Wildman–Crippen MR) is 149 cm³/mol. The van der Waals surface area contributed by atoms with E-state index in [1.54, 1.807) is 12.5 Å². The van der Waals surface area contributed by atoms with E-state index in [1.165, 1.54) is 5.56 Å². The molecule has 0 radical (unpaired) electrons. The zero-order valence-electron chi connectivity index (χ0n) is 20.5. The van der Waals surface area contributed by atoms with Crippen LogP contribution >= 0.6 is 0 Å². The fourth-order valence-corrected chi connectivity index (χ4v) is 4.91. The number of aromatic nitrogens is 5. The van der Waals surface area contributed by atoms with Gasteiger partial charge in [0.1, 0.15) is 5.69 Å². The van der Waals surface area contributed by atoms with Gasteiger partial charge in [0.15, 0.2) is 0 Å².